The van der Waals surface area contributed by atoms with Gasteiger partial charge in [-0.2, -0.15) is 0 Å². The van der Waals surface area contributed by atoms with E-state index in [2.05, 4.69) is 10.6 Å². The van der Waals surface area contributed by atoms with Gasteiger partial charge in [0.1, 0.15) is 5.75 Å². The molecule has 124 valence electrons. The Morgan fingerprint density at radius 2 is 2.14 bits per heavy atom. The SMILES string of the molecule is CC(C)Oc1cccc(C(C)NC(=O)C2CCCNC2)c1.Cl. The van der Waals surface area contributed by atoms with Crippen LogP contribution in [0, 0.1) is 5.92 Å². The summed E-state index contributed by atoms with van der Waals surface area (Å²) in [7, 11) is 0. The summed E-state index contributed by atoms with van der Waals surface area (Å²) < 4.78 is 5.70. The Labute approximate surface area is 139 Å². The van der Waals surface area contributed by atoms with Crippen LogP contribution in [0.15, 0.2) is 24.3 Å². The van der Waals surface area contributed by atoms with Crippen molar-refractivity contribution in [3.63, 3.8) is 0 Å². The Balaban J connectivity index is 0.00000242. The molecule has 1 amide bonds. The van der Waals surface area contributed by atoms with Crippen LogP contribution in [0.5, 0.6) is 5.75 Å². The third kappa shape index (κ3) is 5.50. The van der Waals surface area contributed by atoms with Gasteiger partial charge in [-0.25, -0.2) is 0 Å². The van der Waals surface area contributed by atoms with Gasteiger partial charge in [0.2, 0.25) is 5.91 Å². The predicted molar refractivity (Wildman–Crippen MR) is 91.6 cm³/mol. The molecule has 1 aliphatic rings. The maximum atomic E-state index is 12.3. The number of halogens is 1. The van der Waals surface area contributed by atoms with Crippen LogP contribution in [0.1, 0.15) is 45.2 Å². The van der Waals surface area contributed by atoms with Crippen molar-refractivity contribution in [3.05, 3.63) is 29.8 Å². The van der Waals surface area contributed by atoms with E-state index >= 15 is 0 Å². The molecule has 22 heavy (non-hydrogen) atoms. The first kappa shape index (κ1) is 18.8. The lowest BCUT2D eigenvalue weighted by Crippen LogP contribution is -2.41. The number of carbonyl (C=O) groups excluding carboxylic acids is 1. The van der Waals surface area contributed by atoms with Crippen molar-refractivity contribution in [2.24, 2.45) is 5.92 Å². The molecule has 0 aromatic heterocycles. The zero-order valence-electron chi connectivity index (χ0n) is 13.6. The van der Waals surface area contributed by atoms with Crippen LogP contribution in [0.25, 0.3) is 0 Å². The number of carbonyl (C=O) groups is 1. The normalized spacial score (nSPS) is 19.2. The molecular formula is C17H27ClN2O2. The minimum atomic E-state index is -0.00450. The first-order valence-electron chi connectivity index (χ1n) is 7.84. The molecule has 1 aliphatic heterocycles. The van der Waals surface area contributed by atoms with E-state index in [4.69, 9.17) is 4.74 Å². The van der Waals surface area contributed by atoms with Gasteiger partial charge >= 0.3 is 0 Å². The Morgan fingerprint density at radius 3 is 2.77 bits per heavy atom. The molecule has 0 aliphatic carbocycles. The zero-order valence-corrected chi connectivity index (χ0v) is 14.4. The molecule has 1 aromatic rings. The number of nitrogens with one attached hydrogen (secondary N) is 2. The van der Waals surface area contributed by atoms with Gasteiger partial charge in [0.25, 0.3) is 0 Å². The van der Waals surface area contributed by atoms with Crippen molar-refractivity contribution in [2.75, 3.05) is 13.1 Å². The number of rotatable bonds is 5. The molecule has 1 saturated heterocycles. The molecule has 1 fully saturated rings. The molecular weight excluding hydrogens is 300 g/mol. The van der Waals surface area contributed by atoms with Crippen molar-refractivity contribution in [1.82, 2.24) is 10.6 Å². The zero-order chi connectivity index (χ0) is 15.2. The lowest BCUT2D eigenvalue weighted by atomic mass is 9.98. The summed E-state index contributed by atoms with van der Waals surface area (Å²) in [5, 5.41) is 6.39. The molecule has 1 heterocycles. The topological polar surface area (TPSA) is 50.4 Å². The van der Waals surface area contributed by atoms with Crippen LogP contribution < -0.4 is 15.4 Å². The summed E-state index contributed by atoms with van der Waals surface area (Å²) >= 11 is 0. The van der Waals surface area contributed by atoms with E-state index in [-0.39, 0.29) is 36.4 Å². The maximum absolute atomic E-state index is 12.3. The minimum absolute atomic E-state index is 0. The third-order valence-corrected chi connectivity index (χ3v) is 3.76. The highest BCUT2D eigenvalue weighted by Crippen LogP contribution is 2.21. The lowest BCUT2D eigenvalue weighted by molar-refractivity contribution is -0.126. The van der Waals surface area contributed by atoms with E-state index in [1.807, 2.05) is 45.0 Å². The molecule has 2 N–H and O–H groups in total. The van der Waals surface area contributed by atoms with Gasteiger partial charge in [0, 0.05) is 6.54 Å². The number of benzene rings is 1. The summed E-state index contributed by atoms with van der Waals surface area (Å²) in [6, 6.07) is 7.94. The van der Waals surface area contributed by atoms with Crippen molar-refractivity contribution in [1.29, 1.82) is 0 Å². The molecule has 2 atom stereocenters. The molecule has 4 nitrogen and oxygen atoms in total. The van der Waals surface area contributed by atoms with Gasteiger partial charge in [-0.3, -0.25) is 4.79 Å². The summed E-state index contributed by atoms with van der Waals surface area (Å²) in [6.45, 7) is 7.84. The number of ether oxygens (including phenoxy) is 1. The second-order valence-electron chi connectivity index (χ2n) is 6.01. The Bertz CT molecular complexity index is 473. The van der Waals surface area contributed by atoms with Crippen LogP contribution in [0.2, 0.25) is 0 Å². The standard InChI is InChI=1S/C17H26N2O2.ClH/c1-12(2)21-16-8-4-6-14(10-16)13(3)19-17(20)15-7-5-9-18-11-15;/h4,6,8,10,12-13,15,18H,5,7,9,11H2,1-3H3,(H,19,20);1H. The van der Waals surface area contributed by atoms with E-state index in [1.165, 1.54) is 0 Å². The van der Waals surface area contributed by atoms with Gasteiger partial charge in [0.05, 0.1) is 18.1 Å². The largest absolute Gasteiger partial charge is 0.491 e. The highest BCUT2D eigenvalue weighted by Gasteiger charge is 2.22. The predicted octanol–water partition coefficient (Wildman–Crippen LogP) is 3.07. The fourth-order valence-electron chi connectivity index (χ4n) is 2.62. The van der Waals surface area contributed by atoms with Gasteiger partial charge < -0.3 is 15.4 Å². The first-order chi connectivity index (χ1) is 10.1. The molecule has 2 rings (SSSR count). The van der Waals surface area contributed by atoms with E-state index in [1.54, 1.807) is 0 Å². The smallest absolute Gasteiger partial charge is 0.224 e. The van der Waals surface area contributed by atoms with Gasteiger partial charge in [-0.1, -0.05) is 12.1 Å². The minimum Gasteiger partial charge on any atom is -0.491 e. The molecule has 2 unspecified atom stereocenters. The summed E-state index contributed by atoms with van der Waals surface area (Å²) in [6.07, 6.45) is 2.20. The summed E-state index contributed by atoms with van der Waals surface area (Å²) in [4.78, 5) is 12.3. The van der Waals surface area contributed by atoms with Crippen molar-refractivity contribution in [3.8, 4) is 5.75 Å². The van der Waals surface area contributed by atoms with Crippen LogP contribution >= 0.6 is 12.4 Å². The van der Waals surface area contributed by atoms with Crippen LogP contribution in [-0.2, 0) is 4.79 Å². The average molecular weight is 327 g/mol. The molecule has 5 heteroatoms. The third-order valence-electron chi connectivity index (χ3n) is 3.76. The van der Waals surface area contributed by atoms with Gasteiger partial charge in [0.15, 0.2) is 0 Å². The number of piperidine rings is 1. The van der Waals surface area contributed by atoms with E-state index in [0.717, 1.165) is 37.2 Å². The molecule has 1 aromatic carbocycles. The van der Waals surface area contributed by atoms with E-state index < -0.39 is 0 Å². The van der Waals surface area contributed by atoms with Crippen LogP contribution in [-0.4, -0.2) is 25.1 Å². The fourth-order valence-corrected chi connectivity index (χ4v) is 2.62. The maximum Gasteiger partial charge on any atom is 0.224 e. The number of hydrogen-bond donors (Lipinski definition) is 2. The fraction of sp³-hybridized carbons (Fsp3) is 0.588. The second kappa shape index (κ2) is 9.01. The lowest BCUT2D eigenvalue weighted by Gasteiger charge is -2.24. The summed E-state index contributed by atoms with van der Waals surface area (Å²) in [5.74, 6) is 1.09. The van der Waals surface area contributed by atoms with E-state index in [9.17, 15) is 4.79 Å². The Kier molecular flexibility index (Phi) is 7.69. The quantitative estimate of drug-likeness (QED) is 0.874. The molecule has 0 saturated carbocycles. The first-order valence-corrected chi connectivity index (χ1v) is 7.84. The molecule has 0 spiro atoms. The van der Waals surface area contributed by atoms with Gasteiger partial charge in [-0.15, -0.1) is 12.4 Å². The van der Waals surface area contributed by atoms with Crippen LogP contribution in [0.4, 0.5) is 0 Å². The molecule has 0 radical (unpaired) electrons. The van der Waals surface area contributed by atoms with Crippen molar-refractivity contribution >= 4 is 18.3 Å². The number of amides is 1. The number of hydrogen-bond acceptors (Lipinski definition) is 3. The van der Waals surface area contributed by atoms with Crippen molar-refractivity contribution in [2.45, 2.75) is 45.8 Å². The Hall–Kier alpha value is -1.26. The Morgan fingerprint density at radius 1 is 1.36 bits per heavy atom. The van der Waals surface area contributed by atoms with Crippen LogP contribution in [0.3, 0.4) is 0 Å². The monoisotopic (exact) mass is 326 g/mol. The second-order valence-corrected chi connectivity index (χ2v) is 6.01. The highest BCUT2D eigenvalue weighted by molar-refractivity contribution is 5.85. The van der Waals surface area contributed by atoms with Gasteiger partial charge in [-0.05, 0) is 57.9 Å². The molecule has 0 bridgehead atoms. The summed E-state index contributed by atoms with van der Waals surface area (Å²) in [5.41, 5.74) is 1.07. The van der Waals surface area contributed by atoms with Crippen molar-refractivity contribution < 1.29 is 9.53 Å². The average Bonchev–Trinajstić information content (AvgIpc) is 2.47. The van der Waals surface area contributed by atoms with E-state index in [0.29, 0.717) is 0 Å². The highest BCUT2D eigenvalue weighted by atomic mass is 35.5.